The number of phenols is 1. The molecule has 0 atom stereocenters. The van der Waals surface area contributed by atoms with Crippen molar-refractivity contribution in [2.24, 2.45) is 0 Å². The second-order valence-electron chi connectivity index (χ2n) is 5.78. The predicted molar refractivity (Wildman–Crippen MR) is 98.6 cm³/mol. The maximum absolute atomic E-state index is 9.78. The van der Waals surface area contributed by atoms with Crippen LogP contribution in [0.5, 0.6) is 17.2 Å². The van der Waals surface area contributed by atoms with Crippen LogP contribution in [0.4, 0.5) is 0 Å². The molecule has 0 saturated carbocycles. The van der Waals surface area contributed by atoms with Crippen molar-refractivity contribution in [2.75, 3.05) is 14.2 Å². The number of phenolic OH excluding ortho intramolecular Hbond substituents is 1. The molecule has 2 heterocycles. The molecule has 2 aromatic carbocycles. The normalized spacial score (nSPS) is 10.8. The Morgan fingerprint density at radius 1 is 0.885 bits per heavy atom. The molecule has 0 aliphatic heterocycles. The van der Waals surface area contributed by atoms with Gasteiger partial charge in [-0.05, 0) is 42.0 Å². The van der Waals surface area contributed by atoms with Gasteiger partial charge in [-0.2, -0.15) is 5.10 Å². The summed E-state index contributed by atoms with van der Waals surface area (Å²) in [4.78, 5) is 4.47. The van der Waals surface area contributed by atoms with E-state index in [1.165, 1.54) is 7.11 Å². The van der Waals surface area contributed by atoms with Crippen LogP contribution in [0.25, 0.3) is 28.0 Å². The number of hydrogen-bond donors (Lipinski definition) is 1. The lowest BCUT2D eigenvalue weighted by Gasteiger charge is -2.07. The summed E-state index contributed by atoms with van der Waals surface area (Å²) in [5.74, 6) is 1.30. The fourth-order valence-electron chi connectivity index (χ4n) is 2.87. The molecule has 0 aliphatic rings. The average Bonchev–Trinajstić information content (AvgIpc) is 3.11. The number of benzene rings is 2. The van der Waals surface area contributed by atoms with E-state index in [1.807, 2.05) is 30.3 Å². The Hall–Kier alpha value is -3.54. The first-order valence-corrected chi connectivity index (χ1v) is 8.05. The first-order chi connectivity index (χ1) is 12.7. The monoisotopic (exact) mass is 347 g/mol. The highest BCUT2D eigenvalue weighted by Gasteiger charge is 2.11. The number of ether oxygens (including phenoxy) is 2. The molecule has 0 saturated heterocycles. The van der Waals surface area contributed by atoms with E-state index in [1.54, 1.807) is 42.2 Å². The quantitative estimate of drug-likeness (QED) is 0.608. The zero-order chi connectivity index (χ0) is 18.1. The Bertz CT molecular complexity index is 1090. The van der Waals surface area contributed by atoms with Crippen LogP contribution in [-0.2, 0) is 0 Å². The number of fused-ring (bicyclic) bond motifs is 1. The van der Waals surface area contributed by atoms with Gasteiger partial charge in [-0.3, -0.25) is 0 Å². The maximum atomic E-state index is 9.78. The average molecular weight is 347 g/mol. The molecule has 0 unspecified atom stereocenters. The molecule has 4 rings (SSSR count). The van der Waals surface area contributed by atoms with Crippen molar-refractivity contribution in [3.05, 3.63) is 60.9 Å². The molecule has 0 radical (unpaired) electrons. The molecule has 2 aromatic heterocycles. The topological polar surface area (TPSA) is 68.9 Å². The van der Waals surface area contributed by atoms with Crippen molar-refractivity contribution < 1.29 is 14.6 Å². The molecule has 0 bridgehead atoms. The van der Waals surface area contributed by atoms with E-state index in [0.717, 1.165) is 33.8 Å². The Kier molecular flexibility index (Phi) is 3.93. The van der Waals surface area contributed by atoms with Gasteiger partial charge in [-0.1, -0.05) is 12.1 Å². The third-order valence-electron chi connectivity index (χ3n) is 4.24. The van der Waals surface area contributed by atoms with Crippen molar-refractivity contribution in [1.29, 1.82) is 0 Å². The summed E-state index contributed by atoms with van der Waals surface area (Å²) in [6.45, 7) is 0. The van der Waals surface area contributed by atoms with E-state index in [-0.39, 0.29) is 5.75 Å². The molecular formula is C20H17N3O3. The lowest BCUT2D eigenvalue weighted by Crippen LogP contribution is -1.95. The van der Waals surface area contributed by atoms with Gasteiger partial charge in [0.25, 0.3) is 0 Å². The zero-order valence-electron chi connectivity index (χ0n) is 14.4. The van der Waals surface area contributed by atoms with E-state index >= 15 is 0 Å². The number of aromatic hydroxyl groups is 1. The summed E-state index contributed by atoms with van der Waals surface area (Å²) >= 11 is 0. The second-order valence-corrected chi connectivity index (χ2v) is 5.78. The summed E-state index contributed by atoms with van der Waals surface area (Å²) in [5.41, 5.74) is 4.36. The SMILES string of the molecule is COc1cccc(-c2cnn3c(-c4ccc(O)c(OC)c4)cnc3c2)c1. The zero-order valence-corrected chi connectivity index (χ0v) is 14.4. The van der Waals surface area contributed by atoms with Crippen LogP contribution >= 0.6 is 0 Å². The van der Waals surface area contributed by atoms with E-state index in [0.29, 0.717) is 5.75 Å². The highest BCUT2D eigenvalue weighted by molar-refractivity contribution is 5.71. The van der Waals surface area contributed by atoms with E-state index < -0.39 is 0 Å². The summed E-state index contributed by atoms with van der Waals surface area (Å²) < 4.78 is 12.2. The van der Waals surface area contributed by atoms with Gasteiger partial charge < -0.3 is 14.6 Å². The van der Waals surface area contributed by atoms with E-state index in [4.69, 9.17) is 9.47 Å². The van der Waals surface area contributed by atoms with Crippen molar-refractivity contribution in [3.63, 3.8) is 0 Å². The Balaban J connectivity index is 1.78. The molecule has 6 heteroatoms. The predicted octanol–water partition coefficient (Wildman–Crippen LogP) is 3.79. The van der Waals surface area contributed by atoms with Gasteiger partial charge in [-0.25, -0.2) is 9.50 Å². The van der Waals surface area contributed by atoms with Crippen LogP contribution in [0.15, 0.2) is 60.9 Å². The van der Waals surface area contributed by atoms with E-state index in [2.05, 4.69) is 10.1 Å². The fraction of sp³-hybridized carbons (Fsp3) is 0.100. The van der Waals surface area contributed by atoms with Gasteiger partial charge in [0.15, 0.2) is 17.1 Å². The summed E-state index contributed by atoms with van der Waals surface area (Å²) in [5, 5.41) is 14.3. The Morgan fingerprint density at radius 3 is 2.58 bits per heavy atom. The number of hydrogen-bond acceptors (Lipinski definition) is 5. The molecule has 4 aromatic rings. The molecule has 6 nitrogen and oxygen atoms in total. The van der Waals surface area contributed by atoms with Gasteiger partial charge in [0.05, 0.1) is 32.3 Å². The molecule has 26 heavy (non-hydrogen) atoms. The molecule has 130 valence electrons. The van der Waals surface area contributed by atoms with Gasteiger partial charge in [0.2, 0.25) is 0 Å². The first kappa shape index (κ1) is 16.0. The van der Waals surface area contributed by atoms with Crippen LogP contribution in [0.1, 0.15) is 0 Å². The summed E-state index contributed by atoms with van der Waals surface area (Å²) in [6, 6.07) is 14.9. The smallest absolute Gasteiger partial charge is 0.161 e. The van der Waals surface area contributed by atoms with Gasteiger partial charge in [0.1, 0.15) is 5.75 Å². The molecule has 0 aliphatic carbocycles. The lowest BCUT2D eigenvalue weighted by atomic mass is 10.1. The number of rotatable bonds is 4. The highest BCUT2D eigenvalue weighted by atomic mass is 16.5. The molecule has 0 spiro atoms. The Morgan fingerprint density at radius 2 is 1.77 bits per heavy atom. The minimum Gasteiger partial charge on any atom is -0.504 e. The van der Waals surface area contributed by atoms with Crippen LogP contribution < -0.4 is 9.47 Å². The number of aromatic nitrogens is 3. The molecular weight excluding hydrogens is 330 g/mol. The largest absolute Gasteiger partial charge is 0.504 e. The minimum atomic E-state index is 0.0957. The lowest BCUT2D eigenvalue weighted by molar-refractivity contribution is 0.373. The van der Waals surface area contributed by atoms with Crippen molar-refractivity contribution in [2.45, 2.75) is 0 Å². The van der Waals surface area contributed by atoms with Crippen LogP contribution in [-0.4, -0.2) is 33.9 Å². The Labute approximate surface area is 150 Å². The van der Waals surface area contributed by atoms with Gasteiger partial charge in [-0.15, -0.1) is 0 Å². The molecule has 1 N–H and O–H groups in total. The standard InChI is InChI=1S/C20H17N3O3/c1-25-16-5-3-4-13(8-16)15-10-20-21-12-17(23(20)22-11-15)14-6-7-18(24)19(9-14)26-2/h3-12,24H,1-2H3. The number of imidazole rings is 1. The summed E-state index contributed by atoms with van der Waals surface area (Å²) in [7, 11) is 3.17. The van der Waals surface area contributed by atoms with E-state index in [9.17, 15) is 5.11 Å². The third kappa shape index (κ3) is 2.71. The van der Waals surface area contributed by atoms with Crippen LogP contribution in [0.2, 0.25) is 0 Å². The second kappa shape index (κ2) is 6.40. The van der Waals surface area contributed by atoms with Crippen LogP contribution in [0, 0.1) is 0 Å². The molecule has 0 fully saturated rings. The third-order valence-corrected chi connectivity index (χ3v) is 4.24. The van der Waals surface area contributed by atoms with Crippen molar-refractivity contribution >= 4 is 5.65 Å². The maximum Gasteiger partial charge on any atom is 0.161 e. The summed E-state index contributed by atoms with van der Waals surface area (Å²) in [6.07, 6.45) is 3.55. The number of nitrogens with zero attached hydrogens (tertiary/aromatic N) is 3. The van der Waals surface area contributed by atoms with Crippen molar-refractivity contribution in [3.8, 4) is 39.6 Å². The minimum absolute atomic E-state index is 0.0957. The number of methoxy groups -OCH3 is 2. The first-order valence-electron chi connectivity index (χ1n) is 8.05. The molecule has 0 amide bonds. The fourth-order valence-corrected chi connectivity index (χ4v) is 2.87. The van der Waals surface area contributed by atoms with Crippen LogP contribution in [0.3, 0.4) is 0 Å². The van der Waals surface area contributed by atoms with Gasteiger partial charge >= 0.3 is 0 Å². The van der Waals surface area contributed by atoms with Crippen molar-refractivity contribution in [1.82, 2.24) is 14.6 Å². The van der Waals surface area contributed by atoms with Gasteiger partial charge in [0, 0.05) is 11.1 Å². The highest BCUT2D eigenvalue weighted by Crippen LogP contribution is 2.32.